The van der Waals surface area contributed by atoms with Crippen LogP contribution in [0.2, 0.25) is 0 Å². The van der Waals surface area contributed by atoms with Crippen molar-refractivity contribution in [3.05, 3.63) is 0 Å². The summed E-state index contributed by atoms with van der Waals surface area (Å²) >= 11 is 0. The molecule has 0 saturated carbocycles. The van der Waals surface area contributed by atoms with Crippen LogP contribution in [0, 0.1) is 0 Å². The predicted octanol–water partition coefficient (Wildman–Crippen LogP) is 0.537. The van der Waals surface area contributed by atoms with Crippen molar-refractivity contribution < 1.29 is 14.6 Å². The van der Waals surface area contributed by atoms with Crippen molar-refractivity contribution in [3.63, 3.8) is 0 Å². The van der Waals surface area contributed by atoms with Gasteiger partial charge in [0.15, 0.2) is 0 Å². The molecule has 2 heterocycles. The third kappa shape index (κ3) is 2.32. The number of rotatable bonds is 3. The summed E-state index contributed by atoms with van der Waals surface area (Å²) in [7, 11) is 0. The van der Waals surface area contributed by atoms with Crippen molar-refractivity contribution >= 4 is 5.97 Å². The number of piperidine rings is 1. The summed E-state index contributed by atoms with van der Waals surface area (Å²) in [5.41, 5.74) is 0. The van der Waals surface area contributed by atoms with Crippen LogP contribution in [-0.4, -0.2) is 47.3 Å². The van der Waals surface area contributed by atoms with Gasteiger partial charge in [0.25, 0.3) is 0 Å². The Morgan fingerprint density at radius 1 is 1.40 bits per heavy atom. The van der Waals surface area contributed by atoms with Crippen molar-refractivity contribution in [2.24, 2.45) is 0 Å². The molecule has 2 atom stereocenters. The van der Waals surface area contributed by atoms with Gasteiger partial charge in [0, 0.05) is 12.1 Å². The molecule has 2 unspecified atom stereocenters. The van der Waals surface area contributed by atoms with Crippen LogP contribution >= 0.6 is 0 Å². The van der Waals surface area contributed by atoms with E-state index in [1.807, 2.05) is 6.92 Å². The highest BCUT2D eigenvalue weighted by molar-refractivity contribution is 5.71. The number of ether oxygens (including phenoxy) is 1. The standard InChI is InChI=1S/C11H19NO3/c1-2-15-11(14)7-12-8-3-4-9(12)6-10(13)5-8/h8-10,13H,2-7H2,1H3. The van der Waals surface area contributed by atoms with Gasteiger partial charge in [0.05, 0.1) is 19.3 Å². The molecule has 15 heavy (non-hydrogen) atoms. The second kappa shape index (κ2) is 4.49. The lowest BCUT2D eigenvalue weighted by Gasteiger charge is -2.36. The van der Waals surface area contributed by atoms with Crippen LogP contribution in [0.5, 0.6) is 0 Å². The second-order valence-electron chi connectivity index (χ2n) is 4.49. The van der Waals surface area contributed by atoms with E-state index in [1.54, 1.807) is 0 Å². The summed E-state index contributed by atoms with van der Waals surface area (Å²) in [5, 5.41) is 9.60. The molecular formula is C11H19NO3. The summed E-state index contributed by atoms with van der Waals surface area (Å²) in [4.78, 5) is 13.6. The average Bonchev–Trinajstić information content (AvgIpc) is 2.44. The highest BCUT2D eigenvalue weighted by Gasteiger charge is 2.40. The van der Waals surface area contributed by atoms with Gasteiger partial charge in [-0.3, -0.25) is 9.69 Å². The first-order valence-corrected chi connectivity index (χ1v) is 5.80. The maximum absolute atomic E-state index is 11.4. The van der Waals surface area contributed by atoms with Crippen LogP contribution in [0.4, 0.5) is 0 Å². The number of fused-ring (bicyclic) bond motifs is 2. The molecule has 0 aliphatic carbocycles. The van der Waals surface area contributed by atoms with Crippen molar-refractivity contribution in [3.8, 4) is 0 Å². The average molecular weight is 213 g/mol. The molecule has 2 saturated heterocycles. The Bertz CT molecular complexity index is 230. The fourth-order valence-corrected chi connectivity index (χ4v) is 2.86. The van der Waals surface area contributed by atoms with Crippen LogP contribution in [0.3, 0.4) is 0 Å². The molecule has 86 valence electrons. The zero-order valence-corrected chi connectivity index (χ0v) is 9.19. The lowest BCUT2D eigenvalue weighted by atomic mass is 10.00. The van der Waals surface area contributed by atoms with Crippen molar-refractivity contribution in [1.29, 1.82) is 0 Å². The Hall–Kier alpha value is -0.610. The molecular weight excluding hydrogens is 194 g/mol. The third-order valence-electron chi connectivity index (χ3n) is 3.48. The SMILES string of the molecule is CCOC(=O)CN1C2CCC1CC(O)C2. The summed E-state index contributed by atoms with van der Waals surface area (Å²) < 4.78 is 4.95. The number of carbonyl (C=O) groups is 1. The molecule has 2 aliphatic rings. The van der Waals surface area contributed by atoms with Gasteiger partial charge in [-0.2, -0.15) is 0 Å². The summed E-state index contributed by atoms with van der Waals surface area (Å²) in [6, 6.07) is 0.784. The molecule has 0 aromatic rings. The molecule has 2 fully saturated rings. The smallest absolute Gasteiger partial charge is 0.320 e. The number of nitrogens with zero attached hydrogens (tertiary/aromatic N) is 1. The molecule has 2 bridgehead atoms. The fraction of sp³-hybridized carbons (Fsp3) is 0.909. The monoisotopic (exact) mass is 213 g/mol. The minimum Gasteiger partial charge on any atom is -0.465 e. The van der Waals surface area contributed by atoms with Gasteiger partial charge in [-0.15, -0.1) is 0 Å². The molecule has 2 rings (SSSR count). The van der Waals surface area contributed by atoms with E-state index in [1.165, 1.54) is 0 Å². The maximum atomic E-state index is 11.4. The Kier molecular flexibility index (Phi) is 3.26. The lowest BCUT2D eigenvalue weighted by Crippen LogP contribution is -2.47. The van der Waals surface area contributed by atoms with Gasteiger partial charge >= 0.3 is 5.97 Å². The van der Waals surface area contributed by atoms with Crippen molar-refractivity contribution in [2.75, 3.05) is 13.2 Å². The molecule has 2 aliphatic heterocycles. The number of aliphatic hydroxyl groups excluding tert-OH is 1. The van der Waals surface area contributed by atoms with Gasteiger partial charge in [-0.1, -0.05) is 0 Å². The highest BCUT2D eigenvalue weighted by atomic mass is 16.5. The van der Waals surface area contributed by atoms with E-state index in [-0.39, 0.29) is 12.1 Å². The van der Waals surface area contributed by atoms with Gasteiger partial charge in [-0.25, -0.2) is 0 Å². The first-order chi connectivity index (χ1) is 7.20. The fourth-order valence-electron chi connectivity index (χ4n) is 2.86. The molecule has 0 radical (unpaired) electrons. The quantitative estimate of drug-likeness (QED) is 0.695. The number of hydrogen-bond donors (Lipinski definition) is 1. The Morgan fingerprint density at radius 3 is 2.53 bits per heavy atom. The van der Waals surface area contributed by atoms with E-state index in [9.17, 15) is 9.90 Å². The normalized spacial score (nSPS) is 35.5. The zero-order valence-electron chi connectivity index (χ0n) is 9.19. The summed E-state index contributed by atoms with van der Waals surface area (Å²) in [5.74, 6) is -0.134. The highest BCUT2D eigenvalue weighted by Crippen LogP contribution is 2.35. The van der Waals surface area contributed by atoms with E-state index < -0.39 is 0 Å². The largest absolute Gasteiger partial charge is 0.465 e. The Labute approximate surface area is 90.2 Å². The minimum absolute atomic E-state index is 0.134. The van der Waals surface area contributed by atoms with Crippen LogP contribution in [0.1, 0.15) is 32.6 Å². The van der Waals surface area contributed by atoms with Crippen molar-refractivity contribution in [1.82, 2.24) is 4.90 Å². The second-order valence-corrected chi connectivity index (χ2v) is 4.49. The van der Waals surface area contributed by atoms with Crippen LogP contribution in [0.15, 0.2) is 0 Å². The van der Waals surface area contributed by atoms with Gasteiger partial charge in [-0.05, 0) is 32.6 Å². The molecule has 0 amide bonds. The maximum Gasteiger partial charge on any atom is 0.320 e. The number of esters is 1. The van der Waals surface area contributed by atoms with E-state index in [0.717, 1.165) is 25.7 Å². The van der Waals surface area contributed by atoms with Crippen LogP contribution in [0.25, 0.3) is 0 Å². The summed E-state index contributed by atoms with van der Waals surface area (Å²) in [6.07, 6.45) is 3.69. The molecule has 1 N–H and O–H groups in total. The topological polar surface area (TPSA) is 49.8 Å². The van der Waals surface area contributed by atoms with E-state index in [4.69, 9.17) is 4.74 Å². The molecule has 0 aromatic carbocycles. The van der Waals surface area contributed by atoms with Crippen LogP contribution in [-0.2, 0) is 9.53 Å². The van der Waals surface area contributed by atoms with E-state index >= 15 is 0 Å². The first kappa shape index (κ1) is 10.9. The Balaban J connectivity index is 1.91. The van der Waals surface area contributed by atoms with Gasteiger partial charge in [0.2, 0.25) is 0 Å². The number of aliphatic hydroxyl groups is 1. The summed E-state index contributed by atoms with van der Waals surface area (Å²) in [6.45, 7) is 2.67. The van der Waals surface area contributed by atoms with Crippen LogP contribution < -0.4 is 0 Å². The molecule has 4 nitrogen and oxygen atoms in total. The van der Waals surface area contributed by atoms with Crippen molar-refractivity contribution in [2.45, 2.75) is 50.8 Å². The number of hydrogen-bond acceptors (Lipinski definition) is 4. The van der Waals surface area contributed by atoms with Gasteiger partial charge < -0.3 is 9.84 Å². The Morgan fingerprint density at radius 2 is 2.00 bits per heavy atom. The molecule has 0 aromatic heterocycles. The minimum atomic E-state index is -0.166. The van der Waals surface area contributed by atoms with E-state index in [0.29, 0.717) is 25.2 Å². The number of carbonyl (C=O) groups excluding carboxylic acids is 1. The predicted molar refractivity (Wildman–Crippen MR) is 55.4 cm³/mol. The zero-order chi connectivity index (χ0) is 10.8. The lowest BCUT2D eigenvalue weighted by molar-refractivity contribution is -0.146. The molecule has 0 spiro atoms. The first-order valence-electron chi connectivity index (χ1n) is 5.80. The van der Waals surface area contributed by atoms with Gasteiger partial charge in [0.1, 0.15) is 0 Å². The third-order valence-corrected chi connectivity index (χ3v) is 3.48. The molecule has 4 heteroatoms. The van der Waals surface area contributed by atoms with E-state index in [2.05, 4.69) is 4.90 Å².